The van der Waals surface area contributed by atoms with Crippen LogP contribution >= 0.6 is 0 Å². The molecule has 5 nitrogen and oxygen atoms in total. The van der Waals surface area contributed by atoms with E-state index in [1.807, 2.05) is 30.3 Å². The standard InChI is InChI=1S/C19H22N2O3/c1-24-19(23)16-7-9-17(10-8-16)20-14-12-18(22)21-13-11-15-5-3-2-4-6-15/h2-10,20H,11-14H2,1H3,(H,21,22). The number of amides is 1. The second-order valence-corrected chi connectivity index (χ2v) is 5.33. The molecular formula is C19H22N2O3. The molecule has 0 saturated heterocycles. The Bertz CT molecular complexity index is 654. The van der Waals surface area contributed by atoms with Crippen molar-refractivity contribution in [3.05, 3.63) is 65.7 Å². The topological polar surface area (TPSA) is 67.4 Å². The normalized spacial score (nSPS) is 10.0. The first-order valence-corrected chi connectivity index (χ1v) is 7.92. The van der Waals surface area contributed by atoms with Crippen molar-refractivity contribution in [3.8, 4) is 0 Å². The summed E-state index contributed by atoms with van der Waals surface area (Å²) in [6.45, 7) is 1.17. The van der Waals surface area contributed by atoms with E-state index in [0.29, 0.717) is 25.1 Å². The molecule has 2 aromatic carbocycles. The van der Waals surface area contributed by atoms with Crippen LogP contribution in [0.15, 0.2) is 54.6 Å². The molecule has 24 heavy (non-hydrogen) atoms. The van der Waals surface area contributed by atoms with Crippen LogP contribution in [-0.2, 0) is 16.0 Å². The van der Waals surface area contributed by atoms with E-state index < -0.39 is 0 Å². The predicted octanol–water partition coefficient (Wildman–Crippen LogP) is 2.63. The summed E-state index contributed by atoms with van der Waals surface area (Å²) in [5.74, 6) is -0.344. The molecule has 126 valence electrons. The molecule has 0 aliphatic carbocycles. The Balaban J connectivity index is 1.64. The van der Waals surface area contributed by atoms with Crippen LogP contribution in [0.2, 0.25) is 0 Å². The summed E-state index contributed by atoms with van der Waals surface area (Å²) in [6, 6.07) is 17.0. The highest BCUT2D eigenvalue weighted by Gasteiger charge is 2.05. The Morgan fingerprint density at radius 3 is 2.33 bits per heavy atom. The zero-order valence-corrected chi connectivity index (χ0v) is 13.7. The predicted molar refractivity (Wildman–Crippen MR) is 94.0 cm³/mol. The van der Waals surface area contributed by atoms with Gasteiger partial charge in [-0.3, -0.25) is 4.79 Å². The van der Waals surface area contributed by atoms with Crippen molar-refractivity contribution in [2.75, 3.05) is 25.5 Å². The average molecular weight is 326 g/mol. The highest BCUT2D eigenvalue weighted by Crippen LogP contribution is 2.10. The molecule has 2 rings (SSSR count). The fourth-order valence-electron chi connectivity index (χ4n) is 2.24. The molecule has 0 aliphatic heterocycles. The fourth-order valence-corrected chi connectivity index (χ4v) is 2.24. The van der Waals surface area contributed by atoms with E-state index in [4.69, 9.17) is 0 Å². The lowest BCUT2D eigenvalue weighted by Gasteiger charge is -2.08. The van der Waals surface area contributed by atoms with Gasteiger partial charge in [-0.1, -0.05) is 30.3 Å². The third-order valence-corrected chi connectivity index (χ3v) is 3.57. The second kappa shape index (κ2) is 9.35. The van der Waals surface area contributed by atoms with Crippen molar-refractivity contribution < 1.29 is 14.3 Å². The number of methoxy groups -OCH3 is 1. The van der Waals surface area contributed by atoms with Crippen LogP contribution in [0.25, 0.3) is 0 Å². The van der Waals surface area contributed by atoms with Gasteiger partial charge in [-0.15, -0.1) is 0 Å². The summed E-state index contributed by atoms with van der Waals surface area (Å²) in [7, 11) is 1.35. The average Bonchev–Trinajstić information content (AvgIpc) is 2.62. The van der Waals surface area contributed by atoms with Crippen molar-refractivity contribution in [2.24, 2.45) is 0 Å². The molecule has 0 atom stereocenters. The summed E-state index contributed by atoms with van der Waals surface area (Å²) in [4.78, 5) is 23.1. The lowest BCUT2D eigenvalue weighted by molar-refractivity contribution is -0.120. The van der Waals surface area contributed by atoms with Gasteiger partial charge in [-0.25, -0.2) is 4.79 Å². The smallest absolute Gasteiger partial charge is 0.337 e. The number of esters is 1. The maximum Gasteiger partial charge on any atom is 0.337 e. The van der Waals surface area contributed by atoms with E-state index in [2.05, 4.69) is 15.4 Å². The van der Waals surface area contributed by atoms with Gasteiger partial charge in [0.1, 0.15) is 0 Å². The number of benzene rings is 2. The van der Waals surface area contributed by atoms with Crippen molar-refractivity contribution >= 4 is 17.6 Å². The zero-order valence-electron chi connectivity index (χ0n) is 13.7. The van der Waals surface area contributed by atoms with Crippen LogP contribution in [0, 0.1) is 0 Å². The number of hydrogen-bond donors (Lipinski definition) is 2. The van der Waals surface area contributed by atoms with Gasteiger partial charge < -0.3 is 15.4 Å². The molecule has 5 heteroatoms. The number of hydrogen-bond acceptors (Lipinski definition) is 4. The van der Waals surface area contributed by atoms with Gasteiger partial charge in [0.15, 0.2) is 0 Å². The van der Waals surface area contributed by atoms with Crippen LogP contribution < -0.4 is 10.6 Å². The molecular weight excluding hydrogens is 304 g/mol. The van der Waals surface area contributed by atoms with Crippen molar-refractivity contribution in [1.29, 1.82) is 0 Å². The fraction of sp³-hybridized carbons (Fsp3) is 0.263. The Hall–Kier alpha value is -2.82. The van der Waals surface area contributed by atoms with Gasteiger partial charge in [0, 0.05) is 25.2 Å². The van der Waals surface area contributed by atoms with Crippen LogP contribution in [0.5, 0.6) is 0 Å². The van der Waals surface area contributed by atoms with Gasteiger partial charge >= 0.3 is 5.97 Å². The summed E-state index contributed by atoms with van der Waals surface area (Å²) >= 11 is 0. The van der Waals surface area contributed by atoms with Crippen LogP contribution in [-0.4, -0.2) is 32.1 Å². The summed E-state index contributed by atoms with van der Waals surface area (Å²) in [5.41, 5.74) is 2.57. The molecule has 1 amide bonds. The highest BCUT2D eigenvalue weighted by molar-refractivity contribution is 5.89. The number of nitrogens with one attached hydrogen (secondary N) is 2. The first-order valence-electron chi connectivity index (χ1n) is 7.92. The van der Waals surface area contributed by atoms with Crippen LogP contribution in [0.1, 0.15) is 22.3 Å². The van der Waals surface area contributed by atoms with E-state index in [0.717, 1.165) is 12.1 Å². The molecule has 0 aromatic heterocycles. The van der Waals surface area contributed by atoms with Gasteiger partial charge in [0.05, 0.1) is 12.7 Å². The molecule has 2 aromatic rings. The molecule has 2 N–H and O–H groups in total. The van der Waals surface area contributed by atoms with Crippen molar-refractivity contribution in [2.45, 2.75) is 12.8 Å². The minimum absolute atomic E-state index is 0.0182. The number of ether oxygens (including phenoxy) is 1. The Kier molecular flexibility index (Phi) is 6.83. The first kappa shape index (κ1) is 17.5. The molecule has 0 aliphatic rings. The number of rotatable bonds is 8. The quantitative estimate of drug-likeness (QED) is 0.732. The van der Waals surface area contributed by atoms with Crippen LogP contribution in [0.4, 0.5) is 5.69 Å². The summed E-state index contributed by atoms with van der Waals surface area (Å²) in [6.07, 6.45) is 1.22. The van der Waals surface area contributed by atoms with Gasteiger partial charge in [-0.2, -0.15) is 0 Å². The monoisotopic (exact) mass is 326 g/mol. The summed E-state index contributed by atoms with van der Waals surface area (Å²) in [5, 5.41) is 6.06. The SMILES string of the molecule is COC(=O)c1ccc(NCCC(=O)NCCc2ccccc2)cc1. The number of carbonyl (C=O) groups is 2. The molecule has 0 radical (unpaired) electrons. The van der Waals surface area contributed by atoms with Crippen molar-refractivity contribution in [3.63, 3.8) is 0 Å². The summed E-state index contributed by atoms with van der Waals surface area (Å²) < 4.78 is 4.65. The molecule has 0 fully saturated rings. The Morgan fingerprint density at radius 2 is 1.67 bits per heavy atom. The highest BCUT2D eigenvalue weighted by atomic mass is 16.5. The Morgan fingerprint density at radius 1 is 0.958 bits per heavy atom. The maximum absolute atomic E-state index is 11.8. The zero-order chi connectivity index (χ0) is 17.2. The van der Waals surface area contributed by atoms with E-state index in [1.165, 1.54) is 12.7 Å². The minimum atomic E-state index is -0.362. The van der Waals surface area contributed by atoms with E-state index >= 15 is 0 Å². The van der Waals surface area contributed by atoms with Gasteiger partial charge in [-0.05, 0) is 36.2 Å². The van der Waals surface area contributed by atoms with E-state index in [-0.39, 0.29) is 11.9 Å². The lowest BCUT2D eigenvalue weighted by atomic mass is 10.1. The lowest BCUT2D eigenvalue weighted by Crippen LogP contribution is -2.27. The number of anilines is 1. The first-order chi connectivity index (χ1) is 11.7. The number of carbonyl (C=O) groups excluding carboxylic acids is 2. The molecule has 0 unspecified atom stereocenters. The van der Waals surface area contributed by atoms with E-state index in [1.54, 1.807) is 24.3 Å². The third kappa shape index (κ3) is 5.76. The maximum atomic E-state index is 11.8. The van der Waals surface area contributed by atoms with E-state index in [9.17, 15) is 9.59 Å². The molecule has 0 saturated carbocycles. The molecule has 0 spiro atoms. The van der Waals surface area contributed by atoms with Gasteiger partial charge in [0.25, 0.3) is 0 Å². The molecule has 0 heterocycles. The largest absolute Gasteiger partial charge is 0.465 e. The minimum Gasteiger partial charge on any atom is -0.465 e. The second-order valence-electron chi connectivity index (χ2n) is 5.33. The third-order valence-electron chi connectivity index (χ3n) is 3.57. The van der Waals surface area contributed by atoms with Gasteiger partial charge in [0.2, 0.25) is 5.91 Å². The molecule has 0 bridgehead atoms. The van der Waals surface area contributed by atoms with Crippen molar-refractivity contribution in [1.82, 2.24) is 5.32 Å². The van der Waals surface area contributed by atoms with Crippen LogP contribution in [0.3, 0.4) is 0 Å². The Labute approximate surface area is 142 Å².